The summed E-state index contributed by atoms with van der Waals surface area (Å²) in [6.07, 6.45) is 4.94. The zero-order chi connectivity index (χ0) is 17.2. The molecule has 2 heterocycles. The summed E-state index contributed by atoms with van der Waals surface area (Å²) in [6, 6.07) is 13.7. The number of sulfonamides is 1. The van der Waals surface area contributed by atoms with Crippen molar-refractivity contribution in [1.82, 2.24) is 9.29 Å². The molecule has 24 heavy (non-hydrogen) atoms. The van der Waals surface area contributed by atoms with Gasteiger partial charge in [0.05, 0.1) is 11.9 Å². The van der Waals surface area contributed by atoms with Crippen molar-refractivity contribution in [1.29, 1.82) is 0 Å². The molecule has 1 saturated heterocycles. The topological polar surface area (TPSA) is 67.3 Å². The maximum absolute atomic E-state index is 13.0. The van der Waals surface area contributed by atoms with Crippen LogP contribution in [-0.2, 0) is 14.8 Å². The van der Waals surface area contributed by atoms with Crippen molar-refractivity contribution in [2.24, 2.45) is 0 Å². The van der Waals surface area contributed by atoms with Crippen molar-refractivity contribution in [2.75, 3.05) is 12.8 Å². The number of ketones is 1. The molecule has 0 spiro atoms. The normalized spacial score (nSPS) is 21.1. The van der Waals surface area contributed by atoms with E-state index in [1.54, 1.807) is 36.5 Å². The molecule has 1 aromatic carbocycles. The van der Waals surface area contributed by atoms with Crippen molar-refractivity contribution in [2.45, 2.75) is 12.5 Å². The standard InChI is InChI=1S/C18H18N2O3S/c1-24(22,23)20-12-10-15(13-16-9-5-6-11-19-16)18(21)17(20)14-7-3-2-4-8-14/h2-9,11,13,17H,10,12H2,1H3. The maximum Gasteiger partial charge on any atom is 0.212 e. The molecule has 0 bridgehead atoms. The van der Waals surface area contributed by atoms with Crippen LogP contribution in [0.15, 0.2) is 60.3 Å². The van der Waals surface area contributed by atoms with Crippen LogP contribution in [0.2, 0.25) is 0 Å². The Bertz CT molecular complexity index is 862. The molecule has 1 fully saturated rings. The highest BCUT2D eigenvalue weighted by Crippen LogP contribution is 2.33. The maximum atomic E-state index is 13.0. The van der Waals surface area contributed by atoms with Crippen molar-refractivity contribution in [3.8, 4) is 0 Å². The number of pyridine rings is 1. The van der Waals surface area contributed by atoms with E-state index in [1.165, 1.54) is 4.31 Å². The first-order chi connectivity index (χ1) is 11.5. The molecule has 0 radical (unpaired) electrons. The molecule has 124 valence electrons. The number of Topliss-reactive ketones (excluding diaryl/α,β-unsaturated/α-hetero) is 1. The molecule has 5 nitrogen and oxygen atoms in total. The molecule has 3 rings (SSSR count). The first-order valence-corrected chi connectivity index (χ1v) is 9.49. The number of benzene rings is 1. The third kappa shape index (κ3) is 3.44. The predicted octanol–water partition coefficient (Wildman–Crippen LogP) is 2.44. The van der Waals surface area contributed by atoms with Crippen LogP contribution in [-0.4, -0.2) is 36.3 Å². The van der Waals surface area contributed by atoms with Crippen molar-refractivity contribution >= 4 is 21.9 Å². The monoisotopic (exact) mass is 342 g/mol. The van der Waals surface area contributed by atoms with Crippen molar-refractivity contribution in [3.63, 3.8) is 0 Å². The summed E-state index contributed by atoms with van der Waals surface area (Å²) in [4.78, 5) is 17.2. The Morgan fingerprint density at radius 3 is 2.46 bits per heavy atom. The van der Waals surface area contributed by atoms with Gasteiger partial charge >= 0.3 is 0 Å². The molecule has 1 aliphatic rings. The van der Waals surface area contributed by atoms with Gasteiger partial charge in [0.1, 0.15) is 6.04 Å². The van der Waals surface area contributed by atoms with E-state index in [0.717, 1.165) is 6.26 Å². The molecule has 1 unspecified atom stereocenters. The van der Waals surface area contributed by atoms with E-state index < -0.39 is 16.1 Å². The molecular formula is C18H18N2O3S. The van der Waals surface area contributed by atoms with Gasteiger partial charge in [-0.05, 0) is 30.2 Å². The quantitative estimate of drug-likeness (QED) is 0.804. The van der Waals surface area contributed by atoms with Crippen LogP contribution in [0.5, 0.6) is 0 Å². The fourth-order valence-electron chi connectivity index (χ4n) is 2.88. The van der Waals surface area contributed by atoms with E-state index >= 15 is 0 Å². The van der Waals surface area contributed by atoms with Gasteiger partial charge in [0, 0.05) is 18.3 Å². The molecule has 0 saturated carbocycles. The van der Waals surface area contributed by atoms with E-state index in [0.29, 0.717) is 23.3 Å². The second-order valence-corrected chi connectivity index (χ2v) is 7.66. The lowest BCUT2D eigenvalue weighted by Gasteiger charge is -2.34. The Balaban J connectivity index is 2.02. The number of hydrogen-bond acceptors (Lipinski definition) is 4. The first kappa shape index (κ1) is 16.5. The number of carbonyl (C=O) groups excluding carboxylic acids is 1. The van der Waals surface area contributed by atoms with Crippen LogP contribution in [0.1, 0.15) is 23.7 Å². The first-order valence-electron chi connectivity index (χ1n) is 7.64. The third-order valence-electron chi connectivity index (χ3n) is 4.01. The van der Waals surface area contributed by atoms with Crippen LogP contribution < -0.4 is 0 Å². The van der Waals surface area contributed by atoms with Crippen LogP contribution in [0.4, 0.5) is 0 Å². The highest BCUT2D eigenvalue weighted by molar-refractivity contribution is 7.88. The molecule has 1 aromatic heterocycles. The van der Waals surface area contributed by atoms with E-state index in [-0.39, 0.29) is 12.3 Å². The largest absolute Gasteiger partial charge is 0.292 e. The van der Waals surface area contributed by atoms with Crippen LogP contribution in [0, 0.1) is 0 Å². The Morgan fingerprint density at radius 2 is 1.83 bits per heavy atom. The smallest absolute Gasteiger partial charge is 0.212 e. The highest BCUT2D eigenvalue weighted by atomic mass is 32.2. The van der Waals surface area contributed by atoms with Gasteiger partial charge in [-0.25, -0.2) is 8.42 Å². The summed E-state index contributed by atoms with van der Waals surface area (Å²) in [7, 11) is -3.48. The van der Waals surface area contributed by atoms with Gasteiger partial charge in [-0.1, -0.05) is 36.4 Å². The number of carbonyl (C=O) groups is 1. The average Bonchev–Trinajstić information content (AvgIpc) is 2.57. The fraction of sp³-hybridized carbons (Fsp3) is 0.222. The number of aromatic nitrogens is 1. The minimum atomic E-state index is -3.48. The second-order valence-electron chi connectivity index (χ2n) is 5.73. The zero-order valence-corrected chi connectivity index (χ0v) is 14.1. The van der Waals surface area contributed by atoms with Crippen molar-refractivity contribution in [3.05, 3.63) is 71.6 Å². The van der Waals surface area contributed by atoms with Gasteiger partial charge in [-0.15, -0.1) is 0 Å². The number of piperidine rings is 1. The summed E-state index contributed by atoms with van der Waals surface area (Å²) < 4.78 is 25.5. The zero-order valence-electron chi connectivity index (χ0n) is 13.3. The van der Waals surface area contributed by atoms with Crippen LogP contribution in [0.25, 0.3) is 6.08 Å². The third-order valence-corrected chi connectivity index (χ3v) is 5.25. The molecule has 0 aliphatic carbocycles. The molecule has 2 aromatic rings. The molecule has 0 N–H and O–H groups in total. The Morgan fingerprint density at radius 1 is 1.12 bits per heavy atom. The summed E-state index contributed by atoms with van der Waals surface area (Å²) >= 11 is 0. The van der Waals surface area contributed by atoms with Crippen LogP contribution in [0.3, 0.4) is 0 Å². The molecule has 0 amide bonds. The average molecular weight is 342 g/mol. The predicted molar refractivity (Wildman–Crippen MR) is 92.6 cm³/mol. The summed E-state index contributed by atoms with van der Waals surface area (Å²) in [5, 5.41) is 0. The summed E-state index contributed by atoms with van der Waals surface area (Å²) in [6.45, 7) is 0.281. The van der Waals surface area contributed by atoms with E-state index in [9.17, 15) is 13.2 Å². The van der Waals surface area contributed by atoms with Gasteiger partial charge in [0.15, 0.2) is 5.78 Å². The SMILES string of the molecule is CS(=O)(=O)N1CCC(=Cc2ccccn2)C(=O)C1c1ccccc1. The Labute approximate surface area is 141 Å². The van der Waals surface area contributed by atoms with Crippen LogP contribution >= 0.6 is 0 Å². The van der Waals surface area contributed by atoms with Gasteiger partial charge in [-0.3, -0.25) is 9.78 Å². The molecular weight excluding hydrogens is 324 g/mol. The lowest BCUT2D eigenvalue weighted by Crippen LogP contribution is -2.43. The lowest BCUT2D eigenvalue weighted by atomic mass is 9.91. The molecule has 1 aliphatic heterocycles. The van der Waals surface area contributed by atoms with Crippen molar-refractivity contribution < 1.29 is 13.2 Å². The minimum Gasteiger partial charge on any atom is -0.292 e. The highest BCUT2D eigenvalue weighted by Gasteiger charge is 2.38. The van der Waals surface area contributed by atoms with E-state index in [2.05, 4.69) is 4.98 Å². The second kappa shape index (κ2) is 6.67. The number of rotatable bonds is 3. The lowest BCUT2D eigenvalue weighted by molar-refractivity contribution is -0.120. The fourth-order valence-corrected chi connectivity index (χ4v) is 3.91. The van der Waals surface area contributed by atoms with Gasteiger partial charge in [-0.2, -0.15) is 4.31 Å². The summed E-state index contributed by atoms with van der Waals surface area (Å²) in [5.74, 6) is -0.191. The van der Waals surface area contributed by atoms with Gasteiger partial charge in [0.2, 0.25) is 10.0 Å². The minimum absolute atomic E-state index is 0.191. The summed E-state index contributed by atoms with van der Waals surface area (Å²) in [5.41, 5.74) is 1.97. The molecule has 1 atom stereocenters. The number of hydrogen-bond donors (Lipinski definition) is 0. The molecule has 6 heteroatoms. The Kier molecular flexibility index (Phi) is 4.59. The van der Waals surface area contributed by atoms with Gasteiger partial charge in [0.25, 0.3) is 0 Å². The Hall–Kier alpha value is -2.31. The van der Waals surface area contributed by atoms with E-state index in [4.69, 9.17) is 0 Å². The van der Waals surface area contributed by atoms with E-state index in [1.807, 2.05) is 24.3 Å². The van der Waals surface area contributed by atoms with Gasteiger partial charge < -0.3 is 0 Å². The number of nitrogens with zero attached hydrogens (tertiary/aromatic N) is 2.